The zero-order chi connectivity index (χ0) is 8.39. The molecule has 1 N–H and O–H groups in total. The van der Waals surface area contributed by atoms with Gasteiger partial charge in [0.25, 0.3) is 0 Å². The van der Waals surface area contributed by atoms with Crippen molar-refractivity contribution in [2.75, 3.05) is 11.5 Å². The summed E-state index contributed by atoms with van der Waals surface area (Å²) < 4.78 is 5.31. The number of aryl methyl sites for hydroxylation is 1. The highest BCUT2D eigenvalue weighted by Crippen LogP contribution is 2.18. The van der Waals surface area contributed by atoms with Gasteiger partial charge in [-0.05, 0) is 18.6 Å². The Morgan fingerprint density at radius 1 is 1.67 bits per heavy atom. The Morgan fingerprint density at radius 2 is 2.50 bits per heavy atom. The van der Waals surface area contributed by atoms with Gasteiger partial charge in [0.15, 0.2) is 0 Å². The van der Waals surface area contributed by atoms with Crippen LogP contribution in [0, 0.1) is 6.92 Å². The van der Waals surface area contributed by atoms with Gasteiger partial charge in [0.05, 0.1) is 12.8 Å². The number of hydrogen-bond acceptors (Lipinski definition) is 3. The lowest BCUT2D eigenvalue weighted by atomic mass is 10.2. The molecule has 2 nitrogen and oxygen atoms in total. The van der Waals surface area contributed by atoms with Crippen LogP contribution in [0.15, 0.2) is 16.7 Å². The summed E-state index contributed by atoms with van der Waals surface area (Å²) >= 11 is 1.99. The molecule has 1 aliphatic heterocycles. The molecule has 0 amide bonds. The standard InChI is InChI=1S/C9H13NOS/c1-7-2-3-11-9(7)4-10-8-5-12-6-8/h2-3,8,10H,4-6H2,1H3. The normalized spacial score (nSPS) is 17.8. The summed E-state index contributed by atoms with van der Waals surface area (Å²) in [6.45, 7) is 2.96. The molecule has 0 spiro atoms. The zero-order valence-corrected chi connectivity index (χ0v) is 7.99. The first-order chi connectivity index (χ1) is 5.86. The highest BCUT2D eigenvalue weighted by Gasteiger charge is 2.17. The molecule has 0 aromatic carbocycles. The van der Waals surface area contributed by atoms with Gasteiger partial charge in [-0.1, -0.05) is 0 Å². The third-order valence-electron chi connectivity index (χ3n) is 2.16. The lowest BCUT2D eigenvalue weighted by molar-refractivity contribution is 0.461. The van der Waals surface area contributed by atoms with Gasteiger partial charge in [0, 0.05) is 17.5 Å². The minimum absolute atomic E-state index is 0.708. The molecule has 1 aromatic heterocycles. The number of rotatable bonds is 3. The van der Waals surface area contributed by atoms with Crippen LogP contribution in [-0.2, 0) is 6.54 Å². The first-order valence-electron chi connectivity index (χ1n) is 4.20. The van der Waals surface area contributed by atoms with Crippen molar-refractivity contribution in [1.82, 2.24) is 5.32 Å². The quantitative estimate of drug-likeness (QED) is 0.773. The van der Waals surface area contributed by atoms with Gasteiger partial charge >= 0.3 is 0 Å². The summed E-state index contributed by atoms with van der Waals surface area (Å²) in [4.78, 5) is 0. The van der Waals surface area contributed by atoms with Crippen LogP contribution < -0.4 is 5.32 Å². The maximum absolute atomic E-state index is 5.31. The highest BCUT2D eigenvalue weighted by molar-refractivity contribution is 8.00. The number of furan rings is 1. The number of nitrogens with one attached hydrogen (secondary N) is 1. The van der Waals surface area contributed by atoms with Gasteiger partial charge in [0.1, 0.15) is 5.76 Å². The van der Waals surface area contributed by atoms with Crippen molar-refractivity contribution in [3.8, 4) is 0 Å². The van der Waals surface area contributed by atoms with E-state index >= 15 is 0 Å². The van der Waals surface area contributed by atoms with Crippen LogP contribution >= 0.6 is 11.8 Å². The van der Waals surface area contributed by atoms with Crippen LogP contribution in [0.25, 0.3) is 0 Å². The van der Waals surface area contributed by atoms with E-state index in [0.717, 1.165) is 12.3 Å². The molecule has 2 heterocycles. The summed E-state index contributed by atoms with van der Waals surface area (Å²) in [5.74, 6) is 3.58. The lowest BCUT2D eigenvalue weighted by Crippen LogP contribution is -2.39. The van der Waals surface area contributed by atoms with E-state index in [1.54, 1.807) is 6.26 Å². The minimum Gasteiger partial charge on any atom is -0.468 e. The molecule has 0 saturated carbocycles. The fourth-order valence-corrected chi connectivity index (χ4v) is 1.88. The fourth-order valence-electron chi connectivity index (χ4n) is 1.18. The summed E-state index contributed by atoms with van der Waals surface area (Å²) in [6.07, 6.45) is 1.75. The topological polar surface area (TPSA) is 25.2 Å². The third-order valence-corrected chi connectivity index (χ3v) is 3.43. The molecule has 1 fully saturated rings. The average Bonchev–Trinajstić information content (AvgIpc) is 2.33. The monoisotopic (exact) mass is 183 g/mol. The molecule has 0 radical (unpaired) electrons. The molecule has 2 rings (SSSR count). The highest BCUT2D eigenvalue weighted by atomic mass is 32.2. The van der Waals surface area contributed by atoms with Crippen molar-refractivity contribution in [3.05, 3.63) is 23.7 Å². The van der Waals surface area contributed by atoms with Crippen LogP contribution in [0.3, 0.4) is 0 Å². The van der Waals surface area contributed by atoms with E-state index in [2.05, 4.69) is 12.2 Å². The van der Waals surface area contributed by atoms with Crippen LogP contribution in [0.2, 0.25) is 0 Å². The van der Waals surface area contributed by atoms with Crippen molar-refractivity contribution in [3.63, 3.8) is 0 Å². The Morgan fingerprint density at radius 3 is 3.00 bits per heavy atom. The molecule has 1 aromatic rings. The first-order valence-corrected chi connectivity index (χ1v) is 5.36. The van der Waals surface area contributed by atoms with E-state index in [0.29, 0.717) is 6.04 Å². The molecule has 12 heavy (non-hydrogen) atoms. The summed E-state index contributed by atoms with van der Waals surface area (Å²) in [5.41, 5.74) is 1.24. The fraction of sp³-hybridized carbons (Fsp3) is 0.556. The van der Waals surface area contributed by atoms with Gasteiger partial charge in [0.2, 0.25) is 0 Å². The molecule has 3 heteroatoms. The molecule has 0 unspecified atom stereocenters. The maximum atomic E-state index is 5.31. The van der Waals surface area contributed by atoms with E-state index in [1.807, 2.05) is 17.8 Å². The first kappa shape index (κ1) is 8.20. The van der Waals surface area contributed by atoms with Gasteiger partial charge in [-0.25, -0.2) is 0 Å². The molecule has 66 valence electrons. The Kier molecular flexibility index (Phi) is 2.42. The minimum atomic E-state index is 0.708. The molecule has 0 aliphatic carbocycles. The van der Waals surface area contributed by atoms with Crippen LogP contribution in [0.4, 0.5) is 0 Å². The predicted molar refractivity (Wildman–Crippen MR) is 51.4 cm³/mol. The van der Waals surface area contributed by atoms with E-state index in [1.165, 1.54) is 17.1 Å². The second-order valence-electron chi connectivity index (χ2n) is 3.14. The zero-order valence-electron chi connectivity index (χ0n) is 7.17. The molecule has 1 aliphatic rings. The van der Waals surface area contributed by atoms with Gasteiger partial charge in [-0.2, -0.15) is 11.8 Å². The summed E-state index contributed by atoms with van der Waals surface area (Å²) in [7, 11) is 0. The molecule has 0 atom stereocenters. The van der Waals surface area contributed by atoms with Crippen molar-refractivity contribution < 1.29 is 4.42 Å². The van der Waals surface area contributed by atoms with Crippen molar-refractivity contribution in [2.24, 2.45) is 0 Å². The van der Waals surface area contributed by atoms with Crippen molar-refractivity contribution in [1.29, 1.82) is 0 Å². The van der Waals surface area contributed by atoms with Gasteiger partial charge in [-0.3, -0.25) is 0 Å². The molecule has 1 saturated heterocycles. The van der Waals surface area contributed by atoms with E-state index < -0.39 is 0 Å². The van der Waals surface area contributed by atoms with Crippen LogP contribution in [0.1, 0.15) is 11.3 Å². The Balaban J connectivity index is 1.82. The van der Waals surface area contributed by atoms with Crippen molar-refractivity contribution in [2.45, 2.75) is 19.5 Å². The molecule has 0 bridgehead atoms. The van der Waals surface area contributed by atoms with E-state index in [9.17, 15) is 0 Å². The Bertz CT molecular complexity index is 255. The van der Waals surface area contributed by atoms with E-state index in [-0.39, 0.29) is 0 Å². The number of hydrogen-bond donors (Lipinski definition) is 1. The summed E-state index contributed by atoms with van der Waals surface area (Å²) in [5, 5.41) is 3.45. The average molecular weight is 183 g/mol. The van der Waals surface area contributed by atoms with Gasteiger partial charge in [-0.15, -0.1) is 0 Å². The SMILES string of the molecule is Cc1ccoc1CNC1CSC1. The van der Waals surface area contributed by atoms with Crippen LogP contribution in [-0.4, -0.2) is 17.5 Å². The summed E-state index contributed by atoms with van der Waals surface area (Å²) in [6, 6.07) is 2.71. The number of thioether (sulfide) groups is 1. The Labute approximate surface area is 76.7 Å². The third kappa shape index (κ3) is 1.67. The second kappa shape index (κ2) is 3.54. The van der Waals surface area contributed by atoms with Crippen LogP contribution in [0.5, 0.6) is 0 Å². The predicted octanol–water partition coefficient (Wildman–Crippen LogP) is 1.79. The van der Waals surface area contributed by atoms with Crippen molar-refractivity contribution >= 4 is 11.8 Å². The van der Waals surface area contributed by atoms with Gasteiger partial charge < -0.3 is 9.73 Å². The smallest absolute Gasteiger partial charge is 0.120 e. The lowest BCUT2D eigenvalue weighted by Gasteiger charge is -2.25. The van der Waals surface area contributed by atoms with E-state index in [4.69, 9.17) is 4.42 Å². The Hall–Kier alpha value is -0.410. The molecular formula is C9H13NOS. The maximum Gasteiger partial charge on any atom is 0.120 e. The largest absolute Gasteiger partial charge is 0.468 e. The molecular weight excluding hydrogens is 170 g/mol. The second-order valence-corrected chi connectivity index (χ2v) is 4.22.